The van der Waals surface area contributed by atoms with E-state index in [0.29, 0.717) is 0 Å². The number of rotatable bonds is 0. The van der Waals surface area contributed by atoms with Crippen LogP contribution in [0.1, 0.15) is 0 Å². The van der Waals surface area contributed by atoms with Gasteiger partial charge in [-0.25, -0.2) is 0 Å². The molecule has 0 bridgehead atoms. The van der Waals surface area contributed by atoms with Crippen LogP contribution in [-0.4, -0.2) is 37.6 Å². The largest absolute Gasteiger partial charge is 2.00 e. The summed E-state index contributed by atoms with van der Waals surface area (Å²) in [6, 6.07) is 0. The molecule has 0 spiro atoms. The van der Waals surface area contributed by atoms with Crippen molar-refractivity contribution < 1.29 is 54.0 Å². The average Bonchev–Trinajstić information content (AvgIpc) is 1.25. The van der Waals surface area contributed by atoms with Crippen LogP contribution in [0, 0.1) is 30.6 Å². The Kier molecular flexibility index (Phi) is 342. The average molecular weight is 273 g/mol. The van der Waals surface area contributed by atoms with E-state index in [1.807, 2.05) is 0 Å². The Bertz CT molecular complexity index is 71.3. The molecule has 96 valence electrons. The first-order chi connectivity index (χ1) is 3.46. The molecule has 0 radical (unpaired) electrons. The molecule has 0 unspecified atom stereocenters. The first-order valence-corrected chi connectivity index (χ1v) is 1.10. The third-order valence-electron chi connectivity index (χ3n) is 0. The van der Waals surface area contributed by atoms with Crippen molar-refractivity contribution in [2.75, 3.05) is 0 Å². The summed E-state index contributed by atoms with van der Waals surface area (Å²) < 4.78 is 0. The van der Waals surface area contributed by atoms with Crippen LogP contribution < -0.4 is 0 Å². The number of nitrogens with zero attached hydrogens (tertiary/aromatic N) is 2. The van der Waals surface area contributed by atoms with Gasteiger partial charge in [0, 0.05) is 0 Å². The van der Waals surface area contributed by atoms with Crippen LogP contribution >= 0.6 is 0 Å². The molecule has 14 heavy (non-hydrogen) atoms. The summed E-state index contributed by atoms with van der Waals surface area (Å²) in [6.07, 6.45) is 0. The zero-order chi connectivity index (χ0) is 7.15. The SMILES string of the molecule is O.O.O.O.O.O=[N+]([O-])[O-].O=[N+]([O-])[O-].[Ni+2]. The van der Waals surface area contributed by atoms with E-state index in [2.05, 4.69) is 0 Å². The second-order valence-corrected chi connectivity index (χ2v) is 0.447. The van der Waals surface area contributed by atoms with Crippen LogP contribution in [0.4, 0.5) is 0 Å². The Hall–Kier alpha value is -1.31. The molecular formula is H10N2NiO11. The maximum Gasteiger partial charge on any atom is 2.00 e. The minimum Gasteiger partial charge on any atom is -0.412 e. The summed E-state index contributed by atoms with van der Waals surface area (Å²) in [6.45, 7) is 0. The van der Waals surface area contributed by atoms with Crippen molar-refractivity contribution in [3.05, 3.63) is 30.6 Å². The van der Waals surface area contributed by atoms with Crippen molar-refractivity contribution >= 4 is 0 Å². The van der Waals surface area contributed by atoms with Crippen LogP contribution in [0.3, 0.4) is 0 Å². The van der Waals surface area contributed by atoms with Gasteiger partial charge in [-0.1, -0.05) is 0 Å². The van der Waals surface area contributed by atoms with Gasteiger partial charge < -0.3 is 58.0 Å². The second kappa shape index (κ2) is 60.7. The fraction of sp³-hybridized carbons (Fsp3) is 0. The van der Waals surface area contributed by atoms with Gasteiger partial charge in [-0.05, 0) is 0 Å². The van der Waals surface area contributed by atoms with Crippen molar-refractivity contribution in [3.63, 3.8) is 0 Å². The quantitative estimate of drug-likeness (QED) is 0.237. The third-order valence-corrected chi connectivity index (χ3v) is 0. The van der Waals surface area contributed by atoms with Crippen LogP contribution in [-0.2, 0) is 16.5 Å². The van der Waals surface area contributed by atoms with Crippen molar-refractivity contribution in [2.24, 2.45) is 0 Å². The molecule has 0 fully saturated rings. The molecule has 0 rings (SSSR count). The van der Waals surface area contributed by atoms with Crippen molar-refractivity contribution in [2.45, 2.75) is 0 Å². The maximum atomic E-state index is 8.25. The van der Waals surface area contributed by atoms with Gasteiger partial charge >= 0.3 is 16.5 Å². The van der Waals surface area contributed by atoms with Gasteiger partial charge in [-0.3, -0.25) is 0 Å². The summed E-state index contributed by atoms with van der Waals surface area (Å²) in [4.78, 5) is 16.5. The Morgan fingerprint density at radius 2 is 0.571 bits per heavy atom. The van der Waals surface area contributed by atoms with Gasteiger partial charge in [-0.15, -0.1) is 0 Å². The molecule has 0 aliphatic carbocycles. The summed E-state index contributed by atoms with van der Waals surface area (Å²) in [7, 11) is 0. The summed E-state index contributed by atoms with van der Waals surface area (Å²) in [5.74, 6) is 0. The number of hydrogen-bond acceptors (Lipinski definition) is 6. The Morgan fingerprint density at radius 1 is 0.571 bits per heavy atom. The second-order valence-electron chi connectivity index (χ2n) is 0.447. The zero-order valence-corrected chi connectivity index (χ0v) is 7.15. The molecule has 0 aromatic carbocycles. The topological polar surface area (TPSA) is 290 Å². The fourth-order valence-electron chi connectivity index (χ4n) is 0. The van der Waals surface area contributed by atoms with Gasteiger partial charge in [0.15, 0.2) is 0 Å². The normalized spacial score (nSPS) is 3.43. The van der Waals surface area contributed by atoms with Crippen LogP contribution in [0.25, 0.3) is 0 Å². The van der Waals surface area contributed by atoms with E-state index in [-0.39, 0.29) is 43.9 Å². The molecule has 0 amide bonds. The summed E-state index contributed by atoms with van der Waals surface area (Å²) in [5, 5.41) is 29.5. The van der Waals surface area contributed by atoms with Gasteiger partial charge in [-0.2, -0.15) is 0 Å². The van der Waals surface area contributed by atoms with Crippen molar-refractivity contribution in [3.8, 4) is 0 Å². The van der Waals surface area contributed by atoms with E-state index in [0.717, 1.165) is 0 Å². The molecular weight excluding hydrogens is 263 g/mol. The molecule has 0 aliphatic rings. The predicted molar refractivity (Wildman–Crippen MR) is 38.8 cm³/mol. The van der Waals surface area contributed by atoms with Crippen LogP contribution in [0.2, 0.25) is 0 Å². The predicted octanol–water partition coefficient (Wildman–Crippen LogP) is -4.60. The summed E-state index contributed by atoms with van der Waals surface area (Å²) >= 11 is 0. The van der Waals surface area contributed by atoms with Crippen molar-refractivity contribution in [1.29, 1.82) is 0 Å². The third kappa shape index (κ3) is 589. The number of hydrogen-bond donors (Lipinski definition) is 0. The monoisotopic (exact) mass is 272 g/mol. The Morgan fingerprint density at radius 3 is 0.571 bits per heavy atom. The fourth-order valence-corrected chi connectivity index (χ4v) is 0. The molecule has 0 aliphatic heterocycles. The van der Waals surface area contributed by atoms with E-state index >= 15 is 0 Å². The van der Waals surface area contributed by atoms with E-state index in [1.54, 1.807) is 0 Å². The molecule has 0 aromatic rings. The molecule has 0 aromatic heterocycles. The zero-order valence-electron chi connectivity index (χ0n) is 6.16. The Balaban J connectivity index is -0.00000000600. The van der Waals surface area contributed by atoms with E-state index in [1.165, 1.54) is 0 Å². The molecule has 0 saturated heterocycles. The van der Waals surface area contributed by atoms with Crippen LogP contribution in [0.5, 0.6) is 0 Å². The first-order valence-electron chi connectivity index (χ1n) is 1.10. The van der Waals surface area contributed by atoms with Gasteiger partial charge in [0.2, 0.25) is 0 Å². The van der Waals surface area contributed by atoms with E-state index in [4.69, 9.17) is 30.6 Å². The minimum absolute atomic E-state index is 0. The molecule has 10 N–H and O–H groups in total. The summed E-state index contributed by atoms with van der Waals surface area (Å²) in [5.41, 5.74) is 0. The van der Waals surface area contributed by atoms with Gasteiger partial charge in [0.25, 0.3) is 0 Å². The standard InChI is InChI=1S/2NO3.Ni.5H2O/c2*2-1(3)4;;;;;;/h;;;5*1H2/q2*-1;+2;;;;;. The van der Waals surface area contributed by atoms with E-state index in [9.17, 15) is 0 Å². The maximum absolute atomic E-state index is 8.25. The molecule has 14 heteroatoms. The molecule has 0 heterocycles. The Labute approximate surface area is 85.6 Å². The van der Waals surface area contributed by atoms with Crippen LogP contribution in [0.15, 0.2) is 0 Å². The van der Waals surface area contributed by atoms with E-state index < -0.39 is 10.2 Å². The molecule has 0 atom stereocenters. The first kappa shape index (κ1) is 78.8. The minimum atomic E-state index is -1.75. The molecule has 0 saturated carbocycles. The van der Waals surface area contributed by atoms with Gasteiger partial charge in [0.1, 0.15) is 0 Å². The van der Waals surface area contributed by atoms with Gasteiger partial charge in [0.05, 0.1) is 10.2 Å². The van der Waals surface area contributed by atoms with Crippen molar-refractivity contribution in [1.82, 2.24) is 0 Å². The molecule has 13 nitrogen and oxygen atoms in total. The smallest absolute Gasteiger partial charge is 0.412 e.